The predicted molar refractivity (Wildman–Crippen MR) is 178 cm³/mol. The second-order valence-corrected chi connectivity index (χ2v) is 10.5. The molecule has 0 aliphatic heterocycles. The second kappa shape index (κ2) is 9.75. The van der Waals surface area contributed by atoms with Crippen molar-refractivity contribution in [3.63, 3.8) is 0 Å². The topological polar surface area (TPSA) is 56.7 Å². The van der Waals surface area contributed by atoms with Gasteiger partial charge in [-0.1, -0.05) is 115 Å². The Balaban J connectivity index is 1.32. The molecule has 0 atom stereocenters. The molecule has 0 aliphatic rings. The fourth-order valence-electron chi connectivity index (χ4n) is 6.03. The summed E-state index contributed by atoms with van der Waals surface area (Å²) in [5, 5.41) is 3.93. The standard InChI is InChI=1S/C39H24N4O/c1-3-12-25(13-4-1)28-18-11-21-34-36(28)31-23-22-27(24-35(31)44-34)38-40-37(26-14-5-2-6-15-26)41-39(42-38)43-32-19-9-7-16-29(32)30-17-8-10-20-33(30)43/h1-24H/i2D,5D,6D,14D,15D. The highest BCUT2D eigenvalue weighted by Crippen LogP contribution is 2.38. The van der Waals surface area contributed by atoms with Crippen molar-refractivity contribution >= 4 is 43.7 Å². The summed E-state index contributed by atoms with van der Waals surface area (Å²) < 4.78 is 50.6. The minimum Gasteiger partial charge on any atom is -0.456 e. The van der Waals surface area contributed by atoms with Crippen molar-refractivity contribution in [2.24, 2.45) is 0 Å². The largest absolute Gasteiger partial charge is 0.456 e. The highest BCUT2D eigenvalue weighted by molar-refractivity contribution is 6.13. The first kappa shape index (κ1) is 19.9. The molecule has 0 radical (unpaired) electrons. The van der Waals surface area contributed by atoms with Crippen LogP contribution in [-0.2, 0) is 0 Å². The zero-order valence-electron chi connectivity index (χ0n) is 28.2. The summed E-state index contributed by atoms with van der Waals surface area (Å²) in [5.41, 5.74) is 5.75. The Bertz CT molecular complexity index is 2710. The fourth-order valence-corrected chi connectivity index (χ4v) is 6.03. The van der Waals surface area contributed by atoms with E-state index in [0.717, 1.165) is 49.3 Å². The number of hydrogen-bond donors (Lipinski definition) is 0. The first-order valence-corrected chi connectivity index (χ1v) is 14.2. The summed E-state index contributed by atoms with van der Waals surface area (Å²) in [6.45, 7) is 0. The van der Waals surface area contributed by atoms with Gasteiger partial charge in [-0.05, 0) is 41.5 Å². The zero-order valence-corrected chi connectivity index (χ0v) is 23.2. The van der Waals surface area contributed by atoms with Crippen LogP contribution < -0.4 is 0 Å². The smallest absolute Gasteiger partial charge is 0.238 e. The number of furan rings is 1. The van der Waals surface area contributed by atoms with Gasteiger partial charge in [-0.3, -0.25) is 4.57 Å². The lowest BCUT2D eigenvalue weighted by atomic mass is 9.99. The van der Waals surface area contributed by atoms with Crippen molar-refractivity contribution in [2.75, 3.05) is 0 Å². The monoisotopic (exact) mass is 569 g/mol. The molecule has 5 heteroatoms. The minimum atomic E-state index is -0.485. The lowest BCUT2D eigenvalue weighted by molar-refractivity contribution is 0.669. The third-order valence-corrected chi connectivity index (χ3v) is 7.97. The van der Waals surface area contributed by atoms with E-state index in [1.54, 1.807) is 0 Å². The lowest BCUT2D eigenvalue weighted by Gasteiger charge is -2.11. The summed E-state index contributed by atoms with van der Waals surface area (Å²) in [5.74, 6) is 0.481. The molecule has 3 heterocycles. The Kier molecular flexibility index (Phi) is 4.42. The number of fused-ring (bicyclic) bond motifs is 6. The van der Waals surface area contributed by atoms with Crippen LogP contribution in [0.5, 0.6) is 0 Å². The number of benzene rings is 6. The summed E-state index contributed by atoms with van der Waals surface area (Å²) in [6, 6.07) is 35.6. The summed E-state index contributed by atoms with van der Waals surface area (Å²) in [6.07, 6.45) is 0. The van der Waals surface area contributed by atoms with Crippen LogP contribution in [0.15, 0.2) is 150 Å². The molecule has 206 valence electrons. The first-order chi connectivity index (χ1) is 23.9. The van der Waals surface area contributed by atoms with Gasteiger partial charge in [-0.15, -0.1) is 0 Å². The van der Waals surface area contributed by atoms with E-state index in [9.17, 15) is 0 Å². The van der Waals surface area contributed by atoms with E-state index in [1.807, 2.05) is 102 Å². The number of hydrogen-bond acceptors (Lipinski definition) is 4. The molecular weight excluding hydrogens is 540 g/mol. The van der Waals surface area contributed by atoms with Crippen LogP contribution in [-0.4, -0.2) is 19.5 Å². The van der Waals surface area contributed by atoms with Crippen LogP contribution in [0.3, 0.4) is 0 Å². The lowest BCUT2D eigenvalue weighted by Crippen LogP contribution is -2.06. The van der Waals surface area contributed by atoms with Gasteiger partial charge in [0.25, 0.3) is 0 Å². The highest BCUT2D eigenvalue weighted by Gasteiger charge is 2.19. The quantitative estimate of drug-likeness (QED) is 0.212. The van der Waals surface area contributed by atoms with Gasteiger partial charge in [0.05, 0.1) is 17.9 Å². The van der Waals surface area contributed by atoms with Gasteiger partial charge in [0, 0.05) is 32.7 Å². The molecule has 0 bridgehead atoms. The van der Waals surface area contributed by atoms with E-state index in [2.05, 4.69) is 18.2 Å². The van der Waals surface area contributed by atoms with E-state index < -0.39 is 30.2 Å². The molecule has 0 amide bonds. The van der Waals surface area contributed by atoms with E-state index in [4.69, 9.17) is 26.2 Å². The van der Waals surface area contributed by atoms with Crippen molar-refractivity contribution in [3.8, 4) is 39.9 Å². The fraction of sp³-hybridized carbons (Fsp3) is 0. The third-order valence-electron chi connectivity index (χ3n) is 7.97. The minimum absolute atomic E-state index is 0.0325. The zero-order chi connectivity index (χ0) is 33.4. The average molecular weight is 570 g/mol. The number of nitrogens with zero attached hydrogens (tertiary/aromatic N) is 4. The van der Waals surface area contributed by atoms with Gasteiger partial charge in [0.2, 0.25) is 5.95 Å². The predicted octanol–water partition coefficient (Wildman–Crippen LogP) is 9.87. The molecule has 0 saturated carbocycles. The molecule has 0 N–H and O–H groups in total. The molecular formula is C39H24N4O. The van der Waals surface area contributed by atoms with Crippen molar-refractivity contribution in [1.82, 2.24) is 19.5 Å². The molecule has 9 rings (SSSR count). The van der Waals surface area contributed by atoms with E-state index in [-0.39, 0.29) is 23.2 Å². The van der Waals surface area contributed by atoms with Crippen molar-refractivity contribution in [1.29, 1.82) is 0 Å². The third kappa shape index (κ3) is 3.83. The van der Waals surface area contributed by atoms with E-state index >= 15 is 0 Å². The van der Waals surface area contributed by atoms with Gasteiger partial charge in [0.1, 0.15) is 11.2 Å². The maximum absolute atomic E-state index is 8.72. The maximum atomic E-state index is 8.72. The molecule has 3 aromatic heterocycles. The molecule has 0 fully saturated rings. The Morgan fingerprint density at radius 1 is 0.523 bits per heavy atom. The Morgan fingerprint density at radius 2 is 1.20 bits per heavy atom. The van der Waals surface area contributed by atoms with Crippen molar-refractivity contribution < 1.29 is 11.3 Å². The van der Waals surface area contributed by atoms with Gasteiger partial charge in [0.15, 0.2) is 11.6 Å². The molecule has 0 aliphatic carbocycles. The van der Waals surface area contributed by atoms with E-state index in [1.165, 1.54) is 0 Å². The molecule has 0 spiro atoms. The molecule has 9 aromatic rings. The molecule has 5 nitrogen and oxygen atoms in total. The van der Waals surface area contributed by atoms with Crippen LogP contribution in [0.2, 0.25) is 0 Å². The van der Waals surface area contributed by atoms with Crippen LogP contribution in [0, 0.1) is 0 Å². The van der Waals surface area contributed by atoms with Crippen molar-refractivity contribution in [3.05, 3.63) is 145 Å². The van der Waals surface area contributed by atoms with Gasteiger partial charge in [-0.2, -0.15) is 9.97 Å². The summed E-state index contributed by atoms with van der Waals surface area (Å²) in [4.78, 5) is 14.5. The number of rotatable bonds is 4. The average Bonchev–Trinajstić information content (AvgIpc) is 3.69. The van der Waals surface area contributed by atoms with Crippen LogP contribution in [0.4, 0.5) is 0 Å². The van der Waals surface area contributed by atoms with E-state index in [0.29, 0.717) is 11.1 Å². The Morgan fingerprint density at radius 3 is 1.95 bits per heavy atom. The van der Waals surface area contributed by atoms with Crippen LogP contribution in [0.1, 0.15) is 6.85 Å². The maximum Gasteiger partial charge on any atom is 0.238 e. The molecule has 0 unspecified atom stereocenters. The second-order valence-electron chi connectivity index (χ2n) is 10.5. The number of aromatic nitrogens is 4. The molecule has 0 saturated heterocycles. The van der Waals surface area contributed by atoms with Gasteiger partial charge in [-0.25, -0.2) is 4.98 Å². The van der Waals surface area contributed by atoms with Gasteiger partial charge >= 0.3 is 0 Å². The summed E-state index contributed by atoms with van der Waals surface area (Å²) >= 11 is 0. The van der Waals surface area contributed by atoms with Gasteiger partial charge < -0.3 is 4.42 Å². The Hall–Kier alpha value is -6.07. The Labute approximate surface area is 259 Å². The number of para-hydroxylation sites is 2. The summed E-state index contributed by atoms with van der Waals surface area (Å²) in [7, 11) is 0. The molecule has 44 heavy (non-hydrogen) atoms. The first-order valence-electron chi connectivity index (χ1n) is 16.7. The highest BCUT2D eigenvalue weighted by atomic mass is 16.3. The van der Waals surface area contributed by atoms with Crippen LogP contribution >= 0.6 is 0 Å². The van der Waals surface area contributed by atoms with Crippen molar-refractivity contribution in [2.45, 2.75) is 0 Å². The molecule has 6 aromatic carbocycles. The van der Waals surface area contributed by atoms with Crippen LogP contribution in [0.25, 0.3) is 83.6 Å². The SMILES string of the molecule is [2H]c1c([2H])c([2H])c(-c2nc(-c3ccc4c(c3)oc3cccc(-c5ccccc5)c34)nc(-n3c4ccccc4c4ccccc43)n2)c([2H])c1[2H]. The normalized spacial score (nSPS) is 13.2.